The van der Waals surface area contributed by atoms with Crippen molar-refractivity contribution in [3.8, 4) is 0 Å². The molecule has 1 N–H and O–H groups in total. The van der Waals surface area contributed by atoms with Crippen molar-refractivity contribution in [1.29, 1.82) is 0 Å². The third-order valence-electron chi connectivity index (χ3n) is 2.81. The van der Waals surface area contributed by atoms with Gasteiger partial charge in [0.05, 0.1) is 5.69 Å². The topological polar surface area (TPSA) is 39.1 Å². The highest BCUT2D eigenvalue weighted by Gasteiger charge is 2.13. The predicted octanol–water partition coefficient (Wildman–Crippen LogP) is 1.80. The Balaban J connectivity index is 2.51. The summed E-state index contributed by atoms with van der Waals surface area (Å²) in [5.74, 6) is 0. The van der Waals surface area contributed by atoms with Crippen LogP contribution in [0.5, 0.6) is 0 Å². The van der Waals surface area contributed by atoms with Gasteiger partial charge >= 0.3 is 0 Å². The first-order chi connectivity index (χ1) is 7.54. The Hall–Kier alpha value is -0.870. The van der Waals surface area contributed by atoms with Gasteiger partial charge in [-0.1, -0.05) is 0 Å². The summed E-state index contributed by atoms with van der Waals surface area (Å²) in [5, 5.41) is 7.91. The van der Waals surface area contributed by atoms with Crippen LogP contribution in [0.1, 0.15) is 37.6 Å². The van der Waals surface area contributed by atoms with Crippen molar-refractivity contribution < 1.29 is 4.74 Å². The van der Waals surface area contributed by atoms with Crippen LogP contribution in [-0.2, 0) is 11.8 Å². The minimum Gasteiger partial charge on any atom is -0.385 e. The molecular formula is C12H23N3O. The zero-order valence-corrected chi connectivity index (χ0v) is 10.9. The summed E-state index contributed by atoms with van der Waals surface area (Å²) in [6, 6.07) is 0.787. The van der Waals surface area contributed by atoms with Crippen LogP contribution in [0.15, 0.2) is 6.20 Å². The van der Waals surface area contributed by atoms with Crippen molar-refractivity contribution >= 4 is 0 Å². The minimum atomic E-state index is 0.334. The molecule has 0 aliphatic carbocycles. The van der Waals surface area contributed by atoms with E-state index in [0.717, 1.165) is 18.7 Å². The van der Waals surface area contributed by atoms with Gasteiger partial charge in [0.2, 0.25) is 0 Å². The van der Waals surface area contributed by atoms with Gasteiger partial charge in [-0.2, -0.15) is 5.10 Å². The third kappa shape index (κ3) is 3.61. The molecule has 1 aromatic heterocycles. The second-order valence-electron chi connectivity index (χ2n) is 4.41. The van der Waals surface area contributed by atoms with E-state index in [1.807, 2.05) is 18.7 Å². The lowest BCUT2D eigenvalue weighted by Crippen LogP contribution is -2.30. The molecule has 0 spiro atoms. The molecule has 1 aromatic rings. The summed E-state index contributed by atoms with van der Waals surface area (Å²) in [7, 11) is 3.69. The Kier molecular flexibility index (Phi) is 4.96. The smallest absolute Gasteiger partial charge is 0.0641 e. The van der Waals surface area contributed by atoms with Crippen molar-refractivity contribution in [3.63, 3.8) is 0 Å². The van der Waals surface area contributed by atoms with Crippen LogP contribution in [0.25, 0.3) is 0 Å². The van der Waals surface area contributed by atoms with E-state index in [1.54, 1.807) is 7.11 Å². The molecule has 0 saturated carbocycles. The van der Waals surface area contributed by atoms with Gasteiger partial charge in [0.1, 0.15) is 0 Å². The Labute approximate surface area is 98.0 Å². The van der Waals surface area contributed by atoms with Gasteiger partial charge in [0, 0.05) is 44.6 Å². The highest BCUT2D eigenvalue weighted by molar-refractivity contribution is 5.19. The average Bonchev–Trinajstić information content (AvgIpc) is 2.54. The Morgan fingerprint density at radius 2 is 2.19 bits per heavy atom. The highest BCUT2D eigenvalue weighted by atomic mass is 16.5. The molecule has 0 radical (unpaired) electrons. The Morgan fingerprint density at radius 3 is 2.69 bits per heavy atom. The van der Waals surface area contributed by atoms with Crippen LogP contribution in [0.2, 0.25) is 0 Å². The number of ether oxygens (including phenoxy) is 1. The first-order valence-corrected chi connectivity index (χ1v) is 5.79. The summed E-state index contributed by atoms with van der Waals surface area (Å²) >= 11 is 0. The molecule has 0 aliphatic heterocycles. The van der Waals surface area contributed by atoms with E-state index in [2.05, 4.69) is 30.5 Å². The van der Waals surface area contributed by atoms with E-state index in [1.165, 1.54) is 5.56 Å². The number of methoxy groups -OCH3 is 1. The van der Waals surface area contributed by atoms with Crippen LogP contribution in [-0.4, -0.2) is 29.5 Å². The van der Waals surface area contributed by atoms with Crippen LogP contribution >= 0.6 is 0 Å². The summed E-state index contributed by atoms with van der Waals surface area (Å²) < 4.78 is 6.93. The standard InChI is InChI=1S/C12H23N3O/c1-9(6-7-16-5)13-10(2)12-8-15(4)14-11(12)3/h8-10,13H,6-7H2,1-5H3. The highest BCUT2D eigenvalue weighted by Crippen LogP contribution is 2.16. The lowest BCUT2D eigenvalue weighted by Gasteiger charge is -2.19. The molecule has 2 atom stereocenters. The summed E-state index contributed by atoms with van der Waals surface area (Å²) in [6.45, 7) is 7.20. The van der Waals surface area contributed by atoms with Crippen molar-refractivity contribution in [3.05, 3.63) is 17.5 Å². The van der Waals surface area contributed by atoms with Gasteiger partial charge in [-0.25, -0.2) is 0 Å². The van der Waals surface area contributed by atoms with Crippen LogP contribution in [0.3, 0.4) is 0 Å². The first kappa shape index (κ1) is 13.2. The zero-order valence-electron chi connectivity index (χ0n) is 10.9. The number of aryl methyl sites for hydroxylation is 2. The fourth-order valence-corrected chi connectivity index (χ4v) is 1.94. The van der Waals surface area contributed by atoms with Gasteiger partial charge in [0.25, 0.3) is 0 Å². The second kappa shape index (κ2) is 6.01. The minimum absolute atomic E-state index is 0.334. The molecule has 0 bridgehead atoms. The molecule has 0 saturated heterocycles. The van der Waals surface area contributed by atoms with Crippen LogP contribution in [0.4, 0.5) is 0 Å². The summed E-state index contributed by atoms with van der Waals surface area (Å²) in [6.07, 6.45) is 3.11. The van der Waals surface area contributed by atoms with E-state index in [0.29, 0.717) is 12.1 Å². The van der Waals surface area contributed by atoms with Gasteiger partial charge in [-0.05, 0) is 27.2 Å². The van der Waals surface area contributed by atoms with E-state index in [9.17, 15) is 0 Å². The molecular weight excluding hydrogens is 202 g/mol. The maximum atomic E-state index is 5.07. The van der Waals surface area contributed by atoms with Crippen molar-refractivity contribution in [2.24, 2.45) is 7.05 Å². The van der Waals surface area contributed by atoms with E-state index in [-0.39, 0.29) is 0 Å². The molecule has 4 nitrogen and oxygen atoms in total. The average molecular weight is 225 g/mol. The molecule has 0 fully saturated rings. The number of aromatic nitrogens is 2. The molecule has 1 rings (SSSR count). The molecule has 0 aliphatic rings. The number of nitrogens with one attached hydrogen (secondary N) is 1. The molecule has 2 unspecified atom stereocenters. The molecule has 0 amide bonds. The third-order valence-corrected chi connectivity index (χ3v) is 2.81. The Morgan fingerprint density at radius 1 is 1.50 bits per heavy atom. The number of nitrogens with zero attached hydrogens (tertiary/aromatic N) is 2. The quantitative estimate of drug-likeness (QED) is 0.802. The molecule has 1 heterocycles. The predicted molar refractivity (Wildman–Crippen MR) is 65.5 cm³/mol. The van der Waals surface area contributed by atoms with E-state index >= 15 is 0 Å². The van der Waals surface area contributed by atoms with E-state index < -0.39 is 0 Å². The maximum absolute atomic E-state index is 5.07. The second-order valence-corrected chi connectivity index (χ2v) is 4.41. The van der Waals surface area contributed by atoms with Gasteiger partial charge in [0.15, 0.2) is 0 Å². The van der Waals surface area contributed by atoms with Crippen LogP contribution < -0.4 is 5.32 Å². The Bertz CT molecular complexity index is 322. The fourth-order valence-electron chi connectivity index (χ4n) is 1.94. The molecule has 92 valence electrons. The fraction of sp³-hybridized carbons (Fsp3) is 0.750. The molecule has 0 aromatic carbocycles. The lowest BCUT2D eigenvalue weighted by atomic mass is 10.1. The normalized spacial score (nSPS) is 15.1. The van der Waals surface area contributed by atoms with Crippen molar-refractivity contribution in [2.45, 2.75) is 39.3 Å². The first-order valence-electron chi connectivity index (χ1n) is 5.79. The van der Waals surface area contributed by atoms with E-state index in [4.69, 9.17) is 4.74 Å². The van der Waals surface area contributed by atoms with Gasteiger partial charge in [-0.15, -0.1) is 0 Å². The van der Waals surface area contributed by atoms with Gasteiger partial charge < -0.3 is 10.1 Å². The number of hydrogen-bond acceptors (Lipinski definition) is 3. The van der Waals surface area contributed by atoms with Crippen molar-refractivity contribution in [2.75, 3.05) is 13.7 Å². The molecule has 4 heteroatoms. The summed E-state index contributed by atoms with van der Waals surface area (Å²) in [5.41, 5.74) is 2.37. The lowest BCUT2D eigenvalue weighted by molar-refractivity contribution is 0.183. The molecule has 16 heavy (non-hydrogen) atoms. The van der Waals surface area contributed by atoms with Crippen molar-refractivity contribution in [1.82, 2.24) is 15.1 Å². The largest absolute Gasteiger partial charge is 0.385 e. The number of rotatable bonds is 6. The van der Waals surface area contributed by atoms with Gasteiger partial charge in [-0.3, -0.25) is 4.68 Å². The van der Waals surface area contributed by atoms with Crippen LogP contribution in [0, 0.1) is 6.92 Å². The monoisotopic (exact) mass is 225 g/mol. The SMILES string of the molecule is COCCC(C)NC(C)c1cn(C)nc1C. The number of hydrogen-bond donors (Lipinski definition) is 1. The zero-order chi connectivity index (χ0) is 12.1. The maximum Gasteiger partial charge on any atom is 0.0641 e. The summed E-state index contributed by atoms with van der Waals surface area (Å²) in [4.78, 5) is 0.